The first-order valence-corrected chi connectivity index (χ1v) is 11.3. The third kappa shape index (κ3) is 3.34. The predicted octanol–water partition coefficient (Wildman–Crippen LogP) is 4.99. The Balaban J connectivity index is 1.77. The number of hydrogen-bond acceptors (Lipinski definition) is 6. The summed E-state index contributed by atoms with van der Waals surface area (Å²) in [5, 5.41) is 21.0. The van der Waals surface area contributed by atoms with Crippen molar-refractivity contribution in [2.75, 3.05) is 19.1 Å². The van der Waals surface area contributed by atoms with Gasteiger partial charge >= 0.3 is 0 Å². The highest BCUT2D eigenvalue weighted by molar-refractivity contribution is 6.04. The van der Waals surface area contributed by atoms with Crippen LogP contribution in [-0.4, -0.2) is 32.1 Å². The van der Waals surface area contributed by atoms with Gasteiger partial charge < -0.3 is 14.4 Å². The van der Waals surface area contributed by atoms with Crippen LogP contribution in [0.25, 0.3) is 6.08 Å². The Morgan fingerprint density at radius 3 is 2.31 bits per heavy atom. The molecule has 3 atom stereocenters. The van der Waals surface area contributed by atoms with Crippen LogP contribution in [0, 0.1) is 28.1 Å². The van der Waals surface area contributed by atoms with Crippen molar-refractivity contribution in [1.82, 2.24) is 0 Å². The largest absolute Gasteiger partial charge is 0.497 e. The van der Waals surface area contributed by atoms with E-state index in [1.807, 2.05) is 65.6 Å². The summed E-state index contributed by atoms with van der Waals surface area (Å²) in [5.41, 5.74) is 1.41. The average Bonchev–Trinajstić information content (AvgIpc) is 3.23. The first-order valence-electron chi connectivity index (χ1n) is 11.3. The van der Waals surface area contributed by atoms with E-state index in [-0.39, 0.29) is 5.78 Å². The maximum atomic E-state index is 14.2. The Kier molecular flexibility index (Phi) is 5.51. The van der Waals surface area contributed by atoms with Gasteiger partial charge in [0.25, 0.3) is 0 Å². The molecular formula is C29H23N3O3. The summed E-state index contributed by atoms with van der Waals surface area (Å²) < 4.78 is 10.8. The number of ketones is 1. The second-order valence-electron chi connectivity index (χ2n) is 8.66. The summed E-state index contributed by atoms with van der Waals surface area (Å²) in [4.78, 5) is 16.2. The summed E-state index contributed by atoms with van der Waals surface area (Å²) >= 11 is 0. The van der Waals surface area contributed by atoms with E-state index in [4.69, 9.17) is 9.47 Å². The van der Waals surface area contributed by atoms with Crippen molar-refractivity contribution in [2.45, 2.75) is 18.0 Å². The molecule has 1 saturated heterocycles. The average molecular weight is 462 g/mol. The van der Waals surface area contributed by atoms with Crippen LogP contribution < -0.4 is 14.4 Å². The SMILES string of the molecule is COc1cccc(C(=O)[C@@H]2[C@@H](c3ccccc3)C(C#N)(C#N)[C@H]3C=Cc4cc(OC)ccc4N23)c1. The zero-order chi connectivity index (χ0) is 24.6. The third-order valence-corrected chi connectivity index (χ3v) is 6.99. The molecule has 2 heterocycles. The molecule has 0 saturated carbocycles. The highest BCUT2D eigenvalue weighted by Crippen LogP contribution is 2.55. The fourth-order valence-corrected chi connectivity index (χ4v) is 5.38. The molecule has 0 spiro atoms. The topological polar surface area (TPSA) is 86.3 Å². The fourth-order valence-electron chi connectivity index (χ4n) is 5.38. The molecule has 172 valence electrons. The number of fused-ring (bicyclic) bond motifs is 3. The lowest BCUT2D eigenvalue weighted by molar-refractivity contribution is 0.0950. The van der Waals surface area contributed by atoms with Gasteiger partial charge in [0.05, 0.1) is 32.4 Å². The second kappa shape index (κ2) is 8.66. The van der Waals surface area contributed by atoms with E-state index < -0.39 is 23.4 Å². The lowest BCUT2D eigenvalue weighted by Crippen LogP contribution is -2.44. The molecule has 1 fully saturated rings. The molecule has 2 aliphatic rings. The van der Waals surface area contributed by atoms with Gasteiger partial charge in [0.15, 0.2) is 11.2 Å². The van der Waals surface area contributed by atoms with E-state index in [1.165, 1.54) is 0 Å². The van der Waals surface area contributed by atoms with Crippen molar-refractivity contribution >= 4 is 17.5 Å². The Morgan fingerprint density at radius 1 is 0.914 bits per heavy atom. The van der Waals surface area contributed by atoms with Crippen LogP contribution in [0.3, 0.4) is 0 Å². The molecule has 35 heavy (non-hydrogen) atoms. The van der Waals surface area contributed by atoms with E-state index in [9.17, 15) is 15.3 Å². The van der Waals surface area contributed by atoms with Crippen LogP contribution in [0.1, 0.15) is 27.4 Å². The summed E-state index contributed by atoms with van der Waals surface area (Å²) in [6.45, 7) is 0. The van der Waals surface area contributed by atoms with Crippen molar-refractivity contribution < 1.29 is 14.3 Å². The van der Waals surface area contributed by atoms with Gasteiger partial charge in [-0.15, -0.1) is 0 Å². The van der Waals surface area contributed by atoms with Crippen LogP contribution in [-0.2, 0) is 0 Å². The summed E-state index contributed by atoms with van der Waals surface area (Å²) in [7, 11) is 3.15. The van der Waals surface area contributed by atoms with E-state index >= 15 is 0 Å². The van der Waals surface area contributed by atoms with E-state index in [1.54, 1.807) is 38.5 Å². The molecule has 0 bridgehead atoms. The Hall–Kier alpha value is -4.55. The second-order valence-corrected chi connectivity index (χ2v) is 8.66. The normalized spacial score (nSPS) is 21.3. The van der Waals surface area contributed by atoms with E-state index in [2.05, 4.69) is 12.1 Å². The molecule has 3 aromatic rings. The predicted molar refractivity (Wildman–Crippen MR) is 132 cm³/mol. The molecule has 2 aliphatic heterocycles. The van der Waals surface area contributed by atoms with E-state index in [0.717, 1.165) is 16.8 Å². The smallest absolute Gasteiger partial charge is 0.186 e. The summed E-state index contributed by atoms with van der Waals surface area (Å²) in [5.74, 6) is 0.401. The summed E-state index contributed by atoms with van der Waals surface area (Å²) in [6, 6.07) is 25.3. The highest BCUT2D eigenvalue weighted by atomic mass is 16.5. The lowest BCUT2D eigenvalue weighted by Gasteiger charge is -2.35. The maximum Gasteiger partial charge on any atom is 0.186 e. The van der Waals surface area contributed by atoms with Gasteiger partial charge in [0.1, 0.15) is 17.5 Å². The molecule has 6 nitrogen and oxygen atoms in total. The number of hydrogen-bond donors (Lipinski definition) is 0. The lowest BCUT2D eigenvalue weighted by atomic mass is 9.69. The number of ether oxygens (including phenoxy) is 2. The molecule has 0 aliphatic carbocycles. The number of benzene rings is 3. The number of anilines is 1. The molecule has 6 heteroatoms. The van der Waals surface area contributed by atoms with Crippen molar-refractivity contribution in [3.8, 4) is 23.6 Å². The number of methoxy groups -OCH3 is 2. The molecule has 5 rings (SSSR count). The third-order valence-electron chi connectivity index (χ3n) is 6.99. The quantitative estimate of drug-likeness (QED) is 0.498. The van der Waals surface area contributed by atoms with Gasteiger partial charge in [0, 0.05) is 22.7 Å². The zero-order valence-corrected chi connectivity index (χ0v) is 19.4. The van der Waals surface area contributed by atoms with Gasteiger partial charge in [-0.25, -0.2) is 0 Å². The Morgan fingerprint density at radius 2 is 1.63 bits per heavy atom. The standard InChI is InChI=1S/C29H23N3O3/c1-34-22-10-6-9-21(16-22)28(33)27-26(19-7-4-3-5-8-19)29(17-30,18-31)25-14-11-20-15-23(35-2)12-13-24(20)32(25)27/h3-16,25-27H,1-2H3/t25-,26-,27+/m1/s1. The molecule has 0 N–H and O–H groups in total. The van der Waals surface area contributed by atoms with Crippen LogP contribution >= 0.6 is 0 Å². The first-order chi connectivity index (χ1) is 17.1. The molecular weight excluding hydrogens is 438 g/mol. The van der Waals surface area contributed by atoms with Gasteiger partial charge in [-0.2, -0.15) is 10.5 Å². The van der Waals surface area contributed by atoms with Crippen LogP contribution in [0.5, 0.6) is 11.5 Å². The minimum atomic E-state index is -1.48. The van der Waals surface area contributed by atoms with Crippen molar-refractivity contribution in [3.05, 3.63) is 95.6 Å². The minimum Gasteiger partial charge on any atom is -0.497 e. The van der Waals surface area contributed by atoms with Crippen molar-refractivity contribution in [3.63, 3.8) is 0 Å². The number of nitriles is 2. The van der Waals surface area contributed by atoms with Gasteiger partial charge in [-0.3, -0.25) is 4.79 Å². The van der Waals surface area contributed by atoms with Crippen LogP contribution in [0.4, 0.5) is 5.69 Å². The zero-order valence-electron chi connectivity index (χ0n) is 19.4. The molecule has 0 radical (unpaired) electrons. The number of rotatable bonds is 5. The number of carbonyl (C=O) groups excluding carboxylic acids is 1. The van der Waals surface area contributed by atoms with Crippen molar-refractivity contribution in [2.24, 2.45) is 5.41 Å². The van der Waals surface area contributed by atoms with Crippen LogP contribution in [0.2, 0.25) is 0 Å². The number of Topliss-reactive ketones (excluding diaryl/α,β-unsaturated/α-hetero) is 1. The molecule has 3 aromatic carbocycles. The molecule has 0 aromatic heterocycles. The maximum absolute atomic E-state index is 14.2. The fraction of sp³-hybridized carbons (Fsp3) is 0.207. The highest BCUT2D eigenvalue weighted by Gasteiger charge is 2.63. The number of nitrogens with zero attached hydrogens (tertiary/aromatic N) is 3. The molecule has 0 unspecified atom stereocenters. The van der Waals surface area contributed by atoms with Crippen LogP contribution in [0.15, 0.2) is 78.9 Å². The first kappa shape index (κ1) is 22.3. The Labute approximate surface area is 204 Å². The monoisotopic (exact) mass is 461 g/mol. The van der Waals surface area contributed by atoms with E-state index in [0.29, 0.717) is 17.1 Å². The van der Waals surface area contributed by atoms with Gasteiger partial charge in [-0.1, -0.05) is 54.6 Å². The minimum absolute atomic E-state index is 0.174. The van der Waals surface area contributed by atoms with Gasteiger partial charge in [0.2, 0.25) is 0 Å². The molecule has 0 amide bonds. The van der Waals surface area contributed by atoms with Crippen molar-refractivity contribution in [1.29, 1.82) is 10.5 Å². The Bertz CT molecular complexity index is 1390. The number of carbonyl (C=O) groups is 1. The van der Waals surface area contributed by atoms with Gasteiger partial charge in [-0.05, 0) is 35.9 Å². The summed E-state index contributed by atoms with van der Waals surface area (Å²) in [6.07, 6.45) is 3.77.